The van der Waals surface area contributed by atoms with Crippen molar-refractivity contribution in [3.8, 4) is 11.4 Å². The van der Waals surface area contributed by atoms with Crippen molar-refractivity contribution in [2.75, 3.05) is 37.0 Å². The van der Waals surface area contributed by atoms with Gasteiger partial charge in [-0.2, -0.15) is 0 Å². The fraction of sp³-hybridized carbons (Fsp3) is 0.429. The zero-order valence-electron chi connectivity index (χ0n) is 17.9. The summed E-state index contributed by atoms with van der Waals surface area (Å²) in [6, 6.07) is 9.24. The van der Waals surface area contributed by atoms with Gasteiger partial charge in [0.1, 0.15) is 5.82 Å². The Labute approximate surface area is 186 Å². The minimum absolute atomic E-state index is 0.195. The Bertz CT molecular complexity index is 924. The van der Waals surface area contributed by atoms with Crippen molar-refractivity contribution in [3.05, 3.63) is 36.0 Å². The minimum Gasteiger partial charge on any atom is -0.377 e. The molecule has 0 bridgehead atoms. The molecule has 2 heterocycles. The van der Waals surface area contributed by atoms with Crippen molar-refractivity contribution in [2.24, 2.45) is 5.73 Å². The highest BCUT2D eigenvalue weighted by Gasteiger charge is 2.22. The molecule has 4 N–H and O–H groups in total. The van der Waals surface area contributed by atoms with E-state index in [0.29, 0.717) is 30.5 Å². The number of amides is 3. The SMILES string of the molecule is CNC(=O)Nc1ccc(-c2nc(CSC(C)C(N)=O)cc(N3CCOC[C@@H]3C)n2)cc1. The van der Waals surface area contributed by atoms with Crippen LogP contribution in [0, 0.1) is 0 Å². The van der Waals surface area contributed by atoms with E-state index in [2.05, 4.69) is 22.5 Å². The molecule has 10 heteroatoms. The van der Waals surface area contributed by atoms with Crippen molar-refractivity contribution in [1.29, 1.82) is 0 Å². The average Bonchev–Trinajstić information content (AvgIpc) is 2.77. The molecule has 0 spiro atoms. The number of carbonyl (C=O) groups is 2. The van der Waals surface area contributed by atoms with Crippen molar-refractivity contribution >= 4 is 35.2 Å². The number of rotatable bonds is 7. The first-order chi connectivity index (χ1) is 14.9. The Morgan fingerprint density at radius 2 is 2.06 bits per heavy atom. The maximum atomic E-state index is 11.5. The predicted molar refractivity (Wildman–Crippen MR) is 123 cm³/mol. The van der Waals surface area contributed by atoms with Gasteiger partial charge in [-0.1, -0.05) is 0 Å². The Balaban J connectivity index is 1.90. The van der Waals surface area contributed by atoms with E-state index in [1.54, 1.807) is 14.0 Å². The molecule has 2 atom stereocenters. The number of carbonyl (C=O) groups excluding carboxylic acids is 2. The number of urea groups is 1. The molecule has 1 aromatic carbocycles. The van der Waals surface area contributed by atoms with Gasteiger partial charge >= 0.3 is 6.03 Å². The highest BCUT2D eigenvalue weighted by atomic mass is 32.2. The van der Waals surface area contributed by atoms with Crippen LogP contribution in [-0.4, -0.2) is 60.0 Å². The van der Waals surface area contributed by atoms with Crippen LogP contribution in [0.4, 0.5) is 16.3 Å². The van der Waals surface area contributed by atoms with Crippen LogP contribution in [0.25, 0.3) is 11.4 Å². The molecular formula is C21H28N6O3S. The first-order valence-corrected chi connectivity index (χ1v) is 11.1. The minimum atomic E-state index is -0.347. The van der Waals surface area contributed by atoms with Crippen molar-refractivity contribution in [2.45, 2.75) is 30.9 Å². The number of morpholine rings is 1. The molecule has 1 aromatic heterocycles. The topological polar surface area (TPSA) is 122 Å². The van der Waals surface area contributed by atoms with Crippen LogP contribution in [0.2, 0.25) is 0 Å². The number of aromatic nitrogens is 2. The summed E-state index contributed by atoms with van der Waals surface area (Å²) in [5.41, 5.74) is 7.73. The Hall–Kier alpha value is -2.85. The lowest BCUT2D eigenvalue weighted by Gasteiger charge is -2.34. The summed E-state index contributed by atoms with van der Waals surface area (Å²) in [6.45, 7) is 5.92. The highest BCUT2D eigenvalue weighted by Crippen LogP contribution is 2.26. The monoisotopic (exact) mass is 444 g/mol. The summed E-state index contributed by atoms with van der Waals surface area (Å²) in [7, 11) is 1.56. The molecule has 2 aromatic rings. The molecule has 0 radical (unpaired) electrons. The number of ether oxygens (including phenoxy) is 1. The van der Waals surface area contributed by atoms with Crippen LogP contribution in [0.1, 0.15) is 19.5 Å². The average molecular weight is 445 g/mol. The van der Waals surface area contributed by atoms with E-state index >= 15 is 0 Å². The summed E-state index contributed by atoms with van der Waals surface area (Å²) in [5.74, 6) is 1.61. The number of benzene rings is 1. The fourth-order valence-corrected chi connectivity index (χ4v) is 3.82. The summed E-state index contributed by atoms with van der Waals surface area (Å²) in [5, 5.41) is 4.95. The quantitative estimate of drug-likeness (QED) is 0.598. The fourth-order valence-electron chi connectivity index (χ4n) is 3.09. The van der Waals surface area contributed by atoms with Gasteiger partial charge < -0.3 is 26.0 Å². The molecule has 1 aliphatic heterocycles. The van der Waals surface area contributed by atoms with Crippen molar-refractivity contribution in [3.63, 3.8) is 0 Å². The number of primary amides is 1. The van der Waals surface area contributed by atoms with Crippen molar-refractivity contribution in [1.82, 2.24) is 15.3 Å². The Morgan fingerprint density at radius 1 is 1.32 bits per heavy atom. The molecule has 1 fully saturated rings. The maximum Gasteiger partial charge on any atom is 0.318 e. The van der Waals surface area contributed by atoms with Crippen LogP contribution in [0.15, 0.2) is 30.3 Å². The number of nitrogens with two attached hydrogens (primary N) is 1. The molecule has 0 aliphatic carbocycles. The first kappa shape index (κ1) is 22.8. The molecule has 31 heavy (non-hydrogen) atoms. The number of hydrogen-bond acceptors (Lipinski definition) is 7. The molecule has 1 saturated heterocycles. The lowest BCUT2D eigenvalue weighted by molar-refractivity contribution is -0.117. The van der Waals surface area contributed by atoms with E-state index in [1.165, 1.54) is 11.8 Å². The third-order valence-electron chi connectivity index (χ3n) is 4.94. The molecule has 9 nitrogen and oxygen atoms in total. The van der Waals surface area contributed by atoms with E-state index < -0.39 is 0 Å². The summed E-state index contributed by atoms with van der Waals surface area (Å²) < 4.78 is 5.56. The van der Waals surface area contributed by atoms with Gasteiger partial charge in [0.2, 0.25) is 5.91 Å². The molecule has 3 rings (SSSR count). The van der Waals surface area contributed by atoms with Gasteiger partial charge in [-0.25, -0.2) is 14.8 Å². The zero-order valence-corrected chi connectivity index (χ0v) is 18.7. The highest BCUT2D eigenvalue weighted by molar-refractivity contribution is 7.99. The van der Waals surface area contributed by atoms with Crippen LogP contribution < -0.4 is 21.3 Å². The van der Waals surface area contributed by atoms with E-state index in [-0.39, 0.29) is 23.2 Å². The summed E-state index contributed by atoms with van der Waals surface area (Å²) in [6.07, 6.45) is 0. The standard InChI is InChI=1S/C21H28N6O3S/c1-13-11-30-9-8-27(13)18-10-17(12-31-14(2)19(22)28)24-20(26-18)15-4-6-16(7-5-15)25-21(29)23-3/h4-7,10,13-14H,8-9,11-12H2,1-3H3,(H2,22,28)(H2,23,25,29)/t13-,14?/m0/s1. The summed E-state index contributed by atoms with van der Waals surface area (Å²) in [4.78, 5) is 34.7. The second kappa shape index (κ2) is 10.5. The molecule has 3 amide bonds. The van der Waals surface area contributed by atoms with Crippen LogP contribution in [0.3, 0.4) is 0 Å². The number of nitrogens with one attached hydrogen (secondary N) is 2. The largest absolute Gasteiger partial charge is 0.377 e. The Kier molecular flexibility index (Phi) is 7.69. The second-order valence-corrected chi connectivity index (χ2v) is 8.62. The predicted octanol–water partition coefficient (Wildman–Crippen LogP) is 2.23. The van der Waals surface area contributed by atoms with Gasteiger partial charge in [-0.3, -0.25) is 4.79 Å². The third-order valence-corrected chi connectivity index (χ3v) is 6.13. The van der Waals surface area contributed by atoms with Gasteiger partial charge in [0.25, 0.3) is 0 Å². The molecule has 0 saturated carbocycles. The molecule has 166 valence electrons. The second-order valence-electron chi connectivity index (χ2n) is 7.30. The van der Waals surface area contributed by atoms with Gasteiger partial charge in [-0.05, 0) is 38.1 Å². The van der Waals surface area contributed by atoms with E-state index in [1.807, 2.05) is 30.3 Å². The number of thioether (sulfide) groups is 1. The van der Waals surface area contributed by atoms with Gasteiger partial charge in [0.15, 0.2) is 5.82 Å². The zero-order chi connectivity index (χ0) is 22.4. The van der Waals surface area contributed by atoms with Gasteiger partial charge in [0.05, 0.1) is 30.2 Å². The number of hydrogen-bond donors (Lipinski definition) is 3. The van der Waals surface area contributed by atoms with Crippen LogP contribution in [-0.2, 0) is 15.3 Å². The Morgan fingerprint density at radius 3 is 2.71 bits per heavy atom. The van der Waals surface area contributed by atoms with Crippen LogP contribution >= 0.6 is 11.8 Å². The first-order valence-electron chi connectivity index (χ1n) is 10.1. The number of anilines is 2. The third kappa shape index (κ3) is 6.08. The van der Waals surface area contributed by atoms with Crippen molar-refractivity contribution < 1.29 is 14.3 Å². The maximum absolute atomic E-state index is 11.5. The normalized spacial score (nSPS) is 17.1. The van der Waals surface area contributed by atoms with E-state index in [0.717, 1.165) is 23.6 Å². The molecular weight excluding hydrogens is 416 g/mol. The lowest BCUT2D eigenvalue weighted by atomic mass is 10.2. The molecule has 1 aliphatic rings. The van der Waals surface area contributed by atoms with E-state index in [4.69, 9.17) is 20.4 Å². The molecule has 1 unspecified atom stereocenters. The van der Waals surface area contributed by atoms with Gasteiger partial charge in [-0.15, -0.1) is 11.8 Å². The summed E-state index contributed by atoms with van der Waals surface area (Å²) >= 11 is 1.45. The number of nitrogens with zero attached hydrogens (tertiary/aromatic N) is 3. The smallest absolute Gasteiger partial charge is 0.318 e. The van der Waals surface area contributed by atoms with Gasteiger partial charge in [0, 0.05) is 36.7 Å². The van der Waals surface area contributed by atoms with Crippen LogP contribution in [0.5, 0.6) is 0 Å². The lowest BCUT2D eigenvalue weighted by Crippen LogP contribution is -2.44. The van der Waals surface area contributed by atoms with E-state index in [9.17, 15) is 9.59 Å².